The topological polar surface area (TPSA) is 24.9 Å². The summed E-state index contributed by atoms with van der Waals surface area (Å²) in [5.74, 6) is 0. The second-order valence-electron chi connectivity index (χ2n) is 4.88. The Labute approximate surface area is 119 Å². The van der Waals surface area contributed by atoms with Crippen LogP contribution in [0.15, 0.2) is 36.5 Å². The Hall–Kier alpha value is -1.38. The number of nitrogens with zero attached hydrogens (tertiary/aromatic N) is 1. The monoisotopic (exact) mass is 274 g/mol. The molecule has 1 N–H and O–H groups in total. The Balaban J connectivity index is 2.19. The fraction of sp³-hybridized carbons (Fsp3) is 0.312. The SMILES string of the molecule is CNC(Cc1ccc(C)cn1)c1ccc(Cl)c(C)c1. The lowest BCUT2D eigenvalue weighted by Crippen LogP contribution is -2.19. The first-order valence-electron chi connectivity index (χ1n) is 6.45. The van der Waals surface area contributed by atoms with Crippen LogP contribution in [0.25, 0.3) is 0 Å². The van der Waals surface area contributed by atoms with Gasteiger partial charge < -0.3 is 5.32 Å². The second-order valence-corrected chi connectivity index (χ2v) is 5.29. The number of aryl methyl sites for hydroxylation is 2. The first-order valence-corrected chi connectivity index (χ1v) is 6.83. The average Bonchev–Trinajstić information content (AvgIpc) is 2.41. The van der Waals surface area contributed by atoms with Crippen molar-refractivity contribution in [3.63, 3.8) is 0 Å². The summed E-state index contributed by atoms with van der Waals surface area (Å²) in [6.07, 6.45) is 2.78. The fourth-order valence-corrected chi connectivity index (χ4v) is 2.22. The van der Waals surface area contributed by atoms with Gasteiger partial charge in [0, 0.05) is 29.4 Å². The summed E-state index contributed by atoms with van der Waals surface area (Å²) in [5, 5.41) is 4.16. The van der Waals surface area contributed by atoms with E-state index in [4.69, 9.17) is 11.6 Å². The summed E-state index contributed by atoms with van der Waals surface area (Å²) >= 11 is 6.07. The van der Waals surface area contributed by atoms with Crippen molar-refractivity contribution >= 4 is 11.6 Å². The molecule has 1 heterocycles. The maximum absolute atomic E-state index is 6.07. The van der Waals surface area contributed by atoms with E-state index in [1.54, 1.807) is 0 Å². The van der Waals surface area contributed by atoms with Crippen LogP contribution in [0.3, 0.4) is 0 Å². The standard InChI is InChI=1S/C16H19ClN2/c1-11-4-6-14(19-10-11)9-16(18-3)13-5-7-15(17)12(2)8-13/h4-8,10,16,18H,9H2,1-3H3. The van der Waals surface area contributed by atoms with Crippen molar-refractivity contribution in [3.8, 4) is 0 Å². The molecule has 1 atom stereocenters. The van der Waals surface area contributed by atoms with E-state index in [9.17, 15) is 0 Å². The molecule has 2 rings (SSSR count). The summed E-state index contributed by atoms with van der Waals surface area (Å²) in [5.41, 5.74) is 4.63. The summed E-state index contributed by atoms with van der Waals surface area (Å²) in [6, 6.07) is 10.6. The van der Waals surface area contributed by atoms with Gasteiger partial charge in [-0.1, -0.05) is 29.8 Å². The molecule has 2 aromatic rings. The molecule has 1 aromatic carbocycles. The van der Waals surface area contributed by atoms with Crippen molar-refractivity contribution in [1.82, 2.24) is 10.3 Å². The van der Waals surface area contributed by atoms with Gasteiger partial charge in [-0.2, -0.15) is 0 Å². The van der Waals surface area contributed by atoms with E-state index < -0.39 is 0 Å². The number of halogens is 1. The van der Waals surface area contributed by atoms with Crippen molar-refractivity contribution in [1.29, 1.82) is 0 Å². The lowest BCUT2D eigenvalue weighted by molar-refractivity contribution is 0.584. The van der Waals surface area contributed by atoms with Gasteiger partial charge >= 0.3 is 0 Å². The van der Waals surface area contributed by atoms with Gasteiger partial charge in [-0.3, -0.25) is 4.98 Å². The quantitative estimate of drug-likeness (QED) is 0.916. The van der Waals surface area contributed by atoms with E-state index in [0.29, 0.717) is 0 Å². The van der Waals surface area contributed by atoms with Crippen LogP contribution in [0.1, 0.15) is 28.4 Å². The van der Waals surface area contributed by atoms with Crippen molar-refractivity contribution in [3.05, 3.63) is 63.9 Å². The van der Waals surface area contributed by atoms with E-state index >= 15 is 0 Å². The molecule has 0 saturated heterocycles. The van der Waals surface area contributed by atoms with Crippen LogP contribution >= 0.6 is 11.6 Å². The Bertz CT molecular complexity index is 549. The van der Waals surface area contributed by atoms with Gasteiger partial charge in [-0.25, -0.2) is 0 Å². The minimum absolute atomic E-state index is 0.256. The van der Waals surface area contributed by atoms with Crippen molar-refractivity contribution in [2.75, 3.05) is 7.05 Å². The number of likely N-dealkylation sites (N-methyl/N-ethyl adjacent to an activating group) is 1. The van der Waals surface area contributed by atoms with Gasteiger partial charge in [0.25, 0.3) is 0 Å². The molecule has 0 spiro atoms. The zero-order valence-electron chi connectivity index (χ0n) is 11.6. The third-order valence-electron chi connectivity index (χ3n) is 3.32. The van der Waals surface area contributed by atoms with Crippen LogP contribution in [0, 0.1) is 13.8 Å². The highest BCUT2D eigenvalue weighted by Crippen LogP contribution is 2.22. The zero-order chi connectivity index (χ0) is 13.8. The molecule has 0 aliphatic rings. The number of pyridine rings is 1. The van der Waals surface area contributed by atoms with Crippen molar-refractivity contribution < 1.29 is 0 Å². The molecule has 0 fully saturated rings. The zero-order valence-corrected chi connectivity index (χ0v) is 12.3. The number of nitrogens with one attached hydrogen (secondary N) is 1. The molecule has 0 saturated carbocycles. The molecule has 1 aromatic heterocycles. The molecule has 1 unspecified atom stereocenters. The van der Waals surface area contributed by atoms with Gasteiger partial charge in [-0.05, 0) is 49.7 Å². The highest BCUT2D eigenvalue weighted by molar-refractivity contribution is 6.31. The Kier molecular flexibility index (Phi) is 4.56. The third-order valence-corrected chi connectivity index (χ3v) is 3.74. The minimum atomic E-state index is 0.256. The highest BCUT2D eigenvalue weighted by atomic mass is 35.5. The van der Waals surface area contributed by atoms with E-state index in [0.717, 1.165) is 22.7 Å². The molecule has 100 valence electrons. The van der Waals surface area contributed by atoms with E-state index in [-0.39, 0.29) is 6.04 Å². The first kappa shape index (κ1) is 14.0. The van der Waals surface area contributed by atoms with Crippen molar-refractivity contribution in [2.45, 2.75) is 26.3 Å². The fourth-order valence-electron chi connectivity index (χ4n) is 2.10. The summed E-state index contributed by atoms with van der Waals surface area (Å²) in [6.45, 7) is 4.08. The van der Waals surface area contributed by atoms with Gasteiger partial charge in [0.2, 0.25) is 0 Å². The minimum Gasteiger partial charge on any atom is -0.313 e. The first-order chi connectivity index (χ1) is 9.10. The van der Waals surface area contributed by atoms with Gasteiger partial charge in [0.1, 0.15) is 0 Å². The molecule has 0 aliphatic heterocycles. The maximum atomic E-state index is 6.07. The Morgan fingerprint density at radius 2 is 2.00 bits per heavy atom. The second kappa shape index (κ2) is 6.18. The number of hydrogen-bond acceptors (Lipinski definition) is 2. The molecule has 0 amide bonds. The Morgan fingerprint density at radius 1 is 1.21 bits per heavy atom. The molecule has 0 aliphatic carbocycles. The average molecular weight is 275 g/mol. The van der Waals surface area contributed by atoms with Crippen LogP contribution < -0.4 is 5.32 Å². The van der Waals surface area contributed by atoms with E-state index in [1.807, 2.05) is 26.2 Å². The lowest BCUT2D eigenvalue weighted by Gasteiger charge is -2.17. The molecular weight excluding hydrogens is 256 g/mol. The number of hydrogen-bond donors (Lipinski definition) is 1. The van der Waals surface area contributed by atoms with Crippen LogP contribution in [-0.4, -0.2) is 12.0 Å². The molecular formula is C16H19ClN2. The number of rotatable bonds is 4. The highest BCUT2D eigenvalue weighted by Gasteiger charge is 2.11. The molecule has 19 heavy (non-hydrogen) atoms. The Morgan fingerprint density at radius 3 is 2.58 bits per heavy atom. The number of benzene rings is 1. The summed E-state index contributed by atoms with van der Waals surface area (Å²) < 4.78 is 0. The molecule has 2 nitrogen and oxygen atoms in total. The summed E-state index contributed by atoms with van der Waals surface area (Å²) in [4.78, 5) is 4.47. The van der Waals surface area contributed by atoms with Gasteiger partial charge in [-0.15, -0.1) is 0 Å². The predicted molar refractivity (Wildman–Crippen MR) is 80.7 cm³/mol. The molecule has 3 heteroatoms. The normalized spacial score (nSPS) is 12.4. The van der Waals surface area contributed by atoms with E-state index in [2.05, 4.69) is 41.5 Å². The van der Waals surface area contributed by atoms with Gasteiger partial charge in [0.05, 0.1) is 0 Å². The molecule has 0 bridgehead atoms. The third kappa shape index (κ3) is 3.55. The van der Waals surface area contributed by atoms with Crippen molar-refractivity contribution in [2.24, 2.45) is 0 Å². The largest absolute Gasteiger partial charge is 0.313 e. The lowest BCUT2D eigenvalue weighted by atomic mass is 10.00. The smallest absolute Gasteiger partial charge is 0.0435 e. The maximum Gasteiger partial charge on any atom is 0.0435 e. The van der Waals surface area contributed by atoms with Crippen LogP contribution in [0.5, 0.6) is 0 Å². The van der Waals surface area contributed by atoms with Gasteiger partial charge in [0.15, 0.2) is 0 Å². The van der Waals surface area contributed by atoms with E-state index in [1.165, 1.54) is 11.1 Å². The van der Waals surface area contributed by atoms with Crippen LogP contribution in [0.4, 0.5) is 0 Å². The van der Waals surface area contributed by atoms with Crippen LogP contribution in [0.2, 0.25) is 5.02 Å². The number of aromatic nitrogens is 1. The van der Waals surface area contributed by atoms with Crippen LogP contribution in [-0.2, 0) is 6.42 Å². The molecule has 0 radical (unpaired) electrons. The summed E-state index contributed by atoms with van der Waals surface area (Å²) in [7, 11) is 1.97. The predicted octanol–water partition coefficient (Wildman–Crippen LogP) is 3.86.